The fraction of sp³-hybridized carbons (Fsp3) is 0.440. The van der Waals surface area contributed by atoms with Crippen molar-refractivity contribution in [2.75, 3.05) is 31.7 Å². The fourth-order valence-electron chi connectivity index (χ4n) is 4.25. The number of carbonyl (C=O) groups is 2. The number of ether oxygens (including phenoxy) is 2. The van der Waals surface area contributed by atoms with Crippen LogP contribution in [0.25, 0.3) is 0 Å². The van der Waals surface area contributed by atoms with Gasteiger partial charge in [-0.3, -0.25) is 9.59 Å². The van der Waals surface area contributed by atoms with Gasteiger partial charge < -0.3 is 25.4 Å². The van der Waals surface area contributed by atoms with Crippen molar-refractivity contribution in [3.63, 3.8) is 0 Å². The summed E-state index contributed by atoms with van der Waals surface area (Å²) in [7, 11) is 0. The Balaban J connectivity index is 1.36. The van der Waals surface area contributed by atoms with Gasteiger partial charge in [-0.1, -0.05) is 24.3 Å². The summed E-state index contributed by atoms with van der Waals surface area (Å²) in [6.07, 6.45) is -2.83. The van der Waals surface area contributed by atoms with Crippen molar-refractivity contribution in [1.82, 2.24) is 10.6 Å². The zero-order chi connectivity index (χ0) is 24.9. The van der Waals surface area contributed by atoms with Gasteiger partial charge in [-0.15, -0.1) is 0 Å². The van der Waals surface area contributed by atoms with E-state index in [4.69, 9.17) is 9.47 Å². The molecule has 3 N–H and O–H groups in total. The van der Waals surface area contributed by atoms with Crippen molar-refractivity contribution in [1.29, 1.82) is 0 Å². The molecule has 35 heavy (non-hydrogen) atoms. The summed E-state index contributed by atoms with van der Waals surface area (Å²) in [5.74, 6) is -0.670. The molecule has 1 atom stereocenters. The van der Waals surface area contributed by atoms with E-state index in [-0.39, 0.29) is 36.6 Å². The molecular formula is C25H28F3N3O4. The van der Waals surface area contributed by atoms with Crippen molar-refractivity contribution in [2.45, 2.75) is 37.5 Å². The van der Waals surface area contributed by atoms with Crippen molar-refractivity contribution in [3.8, 4) is 0 Å². The lowest BCUT2D eigenvalue weighted by molar-refractivity contribution is -0.137. The fourth-order valence-corrected chi connectivity index (χ4v) is 4.25. The van der Waals surface area contributed by atoms with Crippen LogP contribution in [0.5, 0.6) is 0 Å². The van der Waals surface area contributed by atoms with E-state index in [1.807, 2.05) is 0 Å². The quantitative estimate of drug-likeness (QED) is 0.549. The molecule has 2 aromatic rings. The van der Waals surface area contributed by atoms with Crippen molar-refractivity contribution in [3.05, 3.63) is 59.7 Å². The number of rotatable bonds is 7. The largest absolute Gasteiger partial charge is 0.418 e. The van der Waals surface area contributed by atoms with Crippen LogP contribution in [0, 0.1) is 5.92 Å². The van der Waals surface area contributed by atoms with E-state index >= 15 is 0 Å². The lowest BCUT2D eigenvalue weighted by Crippen LogP contribution is -2.60. The molecule has 0 aliphatic carbocycles. The van der Waals surface area contributed by atoms with Gasteiger partial charge in [-0.05, 0) is 42.7 Å². The number of nitrogens with one attached hydrogen (secondary N) is 3. The first-order valence-electron chi connectivity index (χ1n) is 11.5. The van der Waals surface area contributed by atoms with Crippen LogP contribution in [0.1, 0.15) is 30.4 Å². The molecule has 188 valence electrons. The third-order valence-corrected chi connectivity index (χ3v) is 6.33. The van der Waals surface area contributed by atoms with Gasteiger partial charge in [0.15, 0.2) is 0 Å². The topological polar surface area (TPSA) is 88.7 Å². The first kappa shape index (κ1) is 25.0. The molecule has 2 heterocycles. The summed E-state index contributed by atoms with van der Waals surface area (Å²) in [5.41, 5.74) is -0.648. The Hall–Kier alpha value is -3.11. The summed E-state index contributed by atoms with van der Waals surface area (Å²) >= 11 is 0. The molecule has 2 saturated heterocycles. The molecule has 7 nitrogen and oxygen atoms in total. The number of carbonyl (C=O) groups excluding carboxylic acids is 2. The molecular weight excluding hydrogens is 463 g/mol. The second-order valence-corrected chi connectivity index (χ2v) is 8.81. The van der Waals surface area contributed by atoms with Gasteiger partial charge >= 0.3 is 6.18 Å². The van der Waals surface area contributed by atoms with Gasteiger partial charge in [0.05, 0.1) is 17.9 Å². The van der Waals surface area contributed by atoms with Gasteiger partial charge in [-0.25, -0.2) is 0 Å². The summed E-state index contributed by atoms with van der Waals surface area (Å²) < 4.78 is 50.4. The highest BCUT2D eigenvalue weighted by Crippen LogP contribution is 2.35. The molecule has 2 amide bonds. The Labute approximate surface area is 201 Å². The van der Waals surface area contributed by atoms with Gasteiger partial charge in [0.1, 0.15) is 5.54 Å². The normalized spacial score (nSPS) is 20.9. The first-order valence-corrected chi connectivity index (χ1v) is 11.5. The highest BCUT2D eigenvalue weighted by Gasteiger charge is 2.44. The average molecular weight is 492 g/mol. The highest BCUT2D eigenvalue weighted by molar-refractivity contribution is 5.92. The van der Waals surface area contributed by atoms with Crippen molar-refractivity contribution in [2.24, 2.45) is 5.92 Å². The van der Waals surface area contributed by atoms with E-state index in [0.29, 0.717) is 44.8 Å². The third-order valence-electron chi connectivity index (χ3n) is 6.33. The average Bonchev–Trinajstić information content (AvgIpc) is 3.33. The van der Waals surface area contributed by atoms with Crippen molar-refractivity contribution < 1.29 is 32.2 Å². The van der Waals surface area contributed by atoms with Crippen molar-refractivity contribution >= 4 is 23.2 Å². The molecule has 0 spiro atoms. The molecule has 2 aromatic carbocycles. The van der Waals surface area contributed by atoms with Gasteiger partial charge in [0.2, 0.25) is 11.8 Å². The Morgan fingerprint density at radius 1 is 0.971 bits per heavy atom. The zero-order valence-electron chi connectivity index (χ0n) is 19.1. The van der Waals surface area contributed by atoms with Gasteiger partial charge in [0.25, 0.3) is 0 Å². The number of benzene rings is 2. The van der Waals surface area contributed by atoms with E-state index in [1.165, 1.54) is 18.2 Å². The van der Waals surface area contributed by atoms with E-state index in [0.717, 1.165) is 11.6 Å². The number of hydrogen-bond donors (Lipinski definition) is 3. The maximum atomic E-state index is 13.2. The van der Waals surface area contributed by atoms with Crippen LogP contribution < -0.4 is 16.0 Å². The molecule has 0 aromatic heterocycles. The molecule has 0 bridgehead atoms. The molecule has 4 rings (SSSR count). The van der Waals surface area contributed by atoms with Crippen LogP contribution in [0.2, 0.25) is 0 Å². The van der Waals surface area contributed by atoms with E-state index in [1.54, 1.807) is 24.3 Å². The molecule has 0 radical (unpaired) electrons. The number of halogens is 3. The SMILES string of the molecule is O=C(N[C@@]1(C(=O)NCc2ccc(Nc3ccccc3C(F)(F)F)cc2)CCOC1)C1CCOCC1. The van der Waals surface area contributed by atoms with Gasteiger partial charge in [0, 0.05) is 44.4 Å². The Bertz CT molecular complexity index is 1030. The maximum Gasteiger partial charge on any atom is 0.418 e. The standard InChI is InChI=1S/C25H28F3N3O4/c26-25(27,28)20-3-1-2-4-21(20)30-19-7-5-17(6-8-19)15-29-23(33)24(11-14-35-16-24)31-22(32)18-9-12-34-13-10-18/h1-8,18,30H,9-16H2,(H,29,33)(H,31,32)/t24-/m0/s1. The second kappa shape index (κ2) is 10.7. The summed E-state index contributed by atoms with van der Waals surface area (Å²) in [4.78, 5) is 25.8. The van der Waals surface area contributed by atoms with E-state index in [2.05, 4.69) is 16.0 Å². The minimum Gasteiger partial charge on any atom is -0.381 e. The molecule has 0 saturated carbocycles. The lowest BCUT2D eigenvalue weighted by atomic mass is 9.93. The van der Waals surface area contributed by atoms with Crippen LogP contribution >= 0.6 is 0 Å². The lowest BCUT2D eigenvalue weighted by Gasteiger charge is -2.30. The Morgan fingerprint density at radius 3 is 2.34 bits per heavy atom. The first-order chi connectivity index (χ1) is 16.8. The summed E-state index contributed by atoms with van der Waals surface area (Å²) in [5, 5.41) is 8.57. The van der Waals surface area contributed by atoms with Crippen LogP contribution in [0.4, 0.5) is 24.5 Å². The number of hydrogen-bond acceptors (Lipinski definition) is 5. The molecule has 2 aliphatic rings. The number of para-hydroxylation sites is 1. The molecule has 10 heteroatoms. The zero-order valence-corrected chi connectivity index (χ0v) is 19.1. The van der Waals surface area contributed by atoms with Crippen LogP contribution in [0.15, 0.2) is 48.5 Å². The van der Waals surface area contributed by atoms with Crippen LogP contribution in [-0.2, 0) is 31.8 Å². The predicted molar refractivity (Wildman–Crippen MR) is 123 cm³/mol. The number of amides is 2. The smallest absolute Gasteiger partial charge is 0.381 e. The summed E-state index contributed by atoms with van der Waals surface area (Å²) in [6.45, 7) is 1.74. The number of alkyl halides is 3. The maximum absolute atomic E-state index is 13.2. The predicted octanol–water partition coefficient (Wildman–Crippen LogP) is 3.77. The van der Waals surface area contributed by atoms with Crippen LogP contribution in [-0.4, -0.2) is 43.8 Å². The Morgan fingerprint density at radius 2 is 1.69 bits per heavy atom. The highest BCUT2D eigenvalue weighted by atomic mass is 19.4. The minimum absolute atomic E-state index is 0.0375. The van der Waals surface area contributed by atoms with Crippen LogP contribution in [0.3, 0.4) is 0 Å². The summed E-state index contributed by atoms with van der Waals surface area (Å²) in [6, 6.07) is 12.0. The molecule has 2 fully saturated rings. The number of anilines is 2. The van der Waals surface area contributed by atoms with E-state index < -0.39 is 17.3 Å². The Kier molecular flexibility index (Phi) is 7.61. The monoisotopic (exact) mass is 491 g/mol. The van der Waals surface area contributed by atoms with E-state index in [9.17, 15) is 22.8 Å². The second-order valence-electron chi connectivity index (χ2n) is 8.81. The minimum atomic E-state index is -4.46. The molecule has 2 aliphatic heterocycles. The molecule has 0 unspecified atom stereocenters. The van der Waals surface area contributed by atoms with Gasteiger partial charge in [-0.2, -0.15) is 13.2 Å². The third kappa shape index (κ3) is 6.12.